The number of piperidine rings is 1. The monoisotopic (exact) mass is 481 g/mol. The predicted octanol–water partition coefficient (Wildman–Crippen LogP) is 2.59. The number of nitrogens with zero attached hydrogens (tertiary/aromatic N) is 2. The van der Waals surface area contributed by atoms with Crippen LogP contribution in [0.5, 0.6) is 5.75 Å². The zero-order chi connectivity index (χ0) is 24.6. The standard InChI is InChI=1S/C26H28FN3O5/c1-34-21-4-2-3-18(15-21)25(33)30-22(23(31)28-20-9-10-20)16-35-26(30)11-13-29(14-12-26)24(32)17-5-7-19(27)8-6-17/h2-8,15,20,22H,9-14,16H2,1H3,(H,28,31)/t22-/m0/s1. The van der Waals surface area contributed by atoms with Crippen LogP contribution in [0.3, 0.4) is 0 Å². The highest BCUT2D eigenvalue weighted by molar-refractivity contribution is 5.99. The first-order valence-corrected chi connectivity index (χ1v) is 11.9. The fraction of sp³-hybridized carbons (Fsp3) is 0.423. The van der Waals surface area contributed by atoms with Crippen LogP contribution in [0.1, 0.15) is 46.4 Å². The number of likely N-dealkylation sites (tertiary alicyclic amines) is 1. The van der Waals surface area contributed by atoms with Crippen LogP contribution in [-0.4, -0.2) is 72.1 Å². The molecule has 1 spiro atoms. The molecule has 5 rings (SSSR count). The van der Waals surface area contributed by atoms with Crippen molar-refractivity contribution in [2.45, 2.75) is 43.5 Å². The van der Waals surface area contributed by atoms with Crippen molar-refractivity contribution in [2.24, 2.45) is 0 Å². The van der Waals surface area contributed by atoms with E-state index in [0.29, 0.717) is 42.8 Å². The first kappa shape index (κ1) is 23.3. The molecule has 2 aromatic carbocycles. The molecule has 1 atom stereocenters. The Hall–Kier alpha value is -3.46. The minimum Gasteiger partial charge on any atom is -0.497 e. The largest absolute Gasteiger partial charge is 0.497 e. The predicted molar refractivity (Wildman–Crippen MR) is 124 cm³/mol. The highest BCUT2D eigenvalue weighted by atomic mass is 19.1. The lowest BCUT2D eigenvalue weighted by molar-refractivity contribution is -0.128. The highest BCUT2D eigenvalue weighted by Gasteiger charge is 2.54. The Labute approximate surface area is 203 Å². The lowest BCUT2D eigenvalue weighted by atomic mass is 9.96. The van der Waals surface area contributed by atoms with Crippen LogP contribution in [-0.2, 0) is 9.53 Å². The molecule has 1 N–H and O–H groups in total. The Bertz CT molecular complexity index is 1130. The van der Waals surface area contributed by atoms with E-state index < -0.39 is 17.6 Å². The summed E-state index contributed by atoms with van der Waals surface area (Å²) >= 11 is 0. The number of methoxy groups -OCH3 is 1. The van der Waals surface area contributed by atoms with Crippen LogP contribution in [0.4, 0.5) is 4.39 Å². The molecule has 2 aromatic rings. The van der Waals surface area contributed by atoms with Gasteiger partial charge in [0.1, 0.15) is 23.3 Å². The maximum absolute atomic E-state index is 13.8. The second-order valence-electron chi connectivity index (χ2n) is 9.26. The van der Waals surface area contributed by atoms with Gasteiger partial charge in [0, 0.05) is 43.1 Å². The molecule has 2 saturated heterocycles. The van der Waals surface area contributed by atoms with E-state index in [-0.39, 0.29) is 30.4 Å². The number of carbonyl (C=O) groups is 3. The maximum atomic E-state index is 13.8. The normalized spacial score (nSPS) is 21.1. The zero-order valence-electron chi connectivity index (χ0n) is 19.5. The average Bonchev–Trinajstić information content (AvgIpc) is 3.63. The molecule has 1 saturated carbocycles. The van der Waals surface area contributed by atoms with Gasteiger partial charge in [0.05, 0.1) is 13.7 Å². The molecule has 2 aliphatic heterocycles. The first-order valence-electron chi connectivity index (χ1n) is 11.9. The lowest BCUT2D eigenvalue weighted by Crippen LogP contribution is -2.60. The summed E-state index contributed by atoms with van der Waals surface area (Å²) in [7, 11) is 1.53. The van der Waals surface area contributed by atoms with E-state index in [4.69, 9.17) is 9.47 Å². The third kappa shape index (κ3) is 4.60. The van der Waals surface area contributed by atoms with Crippen molar-refractivity contribution in [3.05, 3.63) is 65.5 Å². The van der Waals surface area contributed by atoms with E-state index in [1.165, 1.54) is 31.4 Å². The molecule has 1 aliphatic carbocycles. The minimum atomic E-state index is -0.995. The summed E-state index contributed by atoms with van der Waals surface area (Å²) in [6.45, 7) is 0.782. The van der Waals surface area contributed by atoms with E-state index in [1.807, 2.05) is 0 Å². The summed E-state index contributed by atoms with van der Waals surface area (Å²) in [5.41, 5.74) is -0.186. The van der Waals surface area contributed by atoms with E-state index in [1.54, 1.807) is 34.1 Å². The molecule has 0 radical (unpaired) electrons. The Morgan fingerprint density at radius 3 is 2.40 bits per heavy atom. The second-order valence-corrected chi connectivity index (χ2v) is 9.26. The van der Waals surface area contributed by atoms with Crippen molar-refractivity contribution in [1.82, 2.24) is 15.1 Å². The van der Waals surface area contributed by atoms with E-state index in [9.17, 15) is 18.8 Å². The summed E-state index contributed by atoms with van der Waals surface area (Å²) in [4.78, 5) is 43.0. The summed E-state index contributed by atoms with van der Waals surface area (Å²) < 4.78 is 24.7. The van der Waals surface area contributed by atoms with Gasteiger partial charge >= 0.3 is 0 Å². The highest BCUT2D eigenvalue weighted by Crippen LogP contribution is 2.39. The van der Waals surface area contributed by atoms with Gasteiger partial charge in [-0.3, -0.25) is 19.3 Å². The summed E-state index contributed by atoms with van der Waals surface area (Å²) in [5.74, 6) is -0.586. The number of ether oxygens (including phenoxy) is 2. The van der Waals surface area contributed by atoms with Gasteiger partial charge < -0.3 is 19.7 Å². The molecule has 0 aromatic heterocycles. The van der Waals surface area contributed by atoms with E-state index in [2.05, 4.69) is 5.32 Å². The van der Waals surface area contributed by atoms with Crippen LogP contribution in [0.25, 0.3) is 0 Å². The first-order chi connectivity index (χ1) is 16.9. The van der Waals surface area contributed by atoms with Crippen LogP contribution in [0, 0.1) is 5.82 Å². The lowest BCUT2D eigenvalue weighted by Gasteiger charge is -2.44. The number of rotatable bonds is 5. The molecule has 3 aliphatic rings. The minimum absolute atomic E-state index is 0.0974. The van der Waals surface area contributed by atoms with Gasteiger partial charge in [-0.15, -0.1) is 0 Å². The zero-order valence-corrected chi connectivity index (χ0v) is 19.5. The number of amides is 3. The van der Waals surface area contributed by atoms with Crippen LogP contribution in [0.15, 0.2) is 48.5 Å². The Morgan fingerprint density at radius 1 is 1.03 bits per heavy atom. The van der Waals surface area contributed by atoms with Crippen molar-refractivity contribution in [2.75, 3.05) is 26.8 Å². The molecule has 0 unspecified atom stereocenters. The van der Waals surface area contributed by atoms with E-state index >= 15 is 0 Å². The quantitative estimate of drug-likeness (QED) is 0.709. The number of benzene rings is 2. The summed E-state index contributed by atoms with van der Waals surface area (Å²) in [5, 5.41) is 3.00. The molecule has 184 valence electrons. The van der Waals surface area contributed by atoms with Crippen molar-refractivity contribution < 1.29 is 28.2 Å². The van der Waals surface area contributed by atoms with Gasteiger partial charge in [0.15, 0.2) is 0 Å². The van der Waals surface area contributed by atoms with Crippen molar-refractivity contribution in [3.63, 3.8) is 0 Å². The number of nitrogens with one attached hydrogen (secondary N) is 1. The average molecular weight is 482 g/mol. The number of hydrogen-bond acceptors (Lipinski definition) is 5. The molecule has 8 nitrogen and oxygen atoms in total. The number of halogens is 1. The van der Waals surface area contributed by atoms with Crippen LogP contribution >= 0.6 is 0 Å². The fourth-order valence-electron chi connectivity index (χ4n) is 4.82. The van der Waals surface area contributed by atoms with Gasteiger partial charge in [-0.25, -0.2) is 4.39 Å². The molecular weight excluding hydrogens is 453 g/mol. The van der Waals surface area contributed by atoms with Crippen molar-refractivity contribution >= 4 is 17.7 Å². The maximum Gasteiger partial charge on any atom is 0.257 e. The third-order valence-electron chi connectivity index (χ3n) is 6.95. The molecule has 2 heterocycles. The Morgan fingerprint density at radius 2 is 1.74 bits per heavy atom. The second kappa shape index (κ2) is 9.30. The SMILES string of the molecule is COc1cccc(C(=O)N2[C@H](C(=O)NC3CC3)COC23CCN(C(=O)c2ccc(F)cc2)CC3)c1. The van der Waals surface area contributed by atoms with Gasteiger partial charge in [-0.05, 0) is 55.3 Å². The van der Waals surface area contributed by atoms with Crippen LogP contribution in [0.2, 0.25) is 0 Å². The van der Waals surface area contributed by atoms with Crippen molar-refractivity contribution in [1.29, 1.82) is 0 Å². The molecule has 3 fully saturated rings. The number of carbonyl (C=O) groups excluding carboxylic acids is 3. The number of hydrogen-bond donors (Lipinski definition) is 1. The van der Waals surface area contributed by atoms with Gasteiger partial charge in [0.25, 0.3) is 11.8 Å². The summed E-state index contributed by atoms with van der Waals surface area (Å²) in [6, 6.07) is 11.7. The van der Waals surface area contributed by atoms with Gasteiger partial charge in [-0.1, -0.05) is 6.07 Å². The summed E-state index contributed by atoms with van der Waals surface area (Å²) in [6.07, 6.45) is 2.61. The van der Waals surface area contributed by atoms with Crippen molar-refractivity contribution in [3.8, 4) is 5.75 Å². The molecule has 0 bridgehead atoms. The molecular formula is C26H28FN3O5. The molecule has 3 amide bonds. The van der Waals surface area contributed by atoms with Gasteiger partial charge in [-0.2, -0.15) is 0 Å². The van der Waals surface area contributed by atoms with Crippen LogP contribution < -0.4 is 10.1 Å². The van der Waals surface area contributed by atoms with E-state index in [0.717, 1.165) is 12.8 Å². The smallest absolute Gasteiger partial charge is 0.257 e. The van der Waals surface area contributed by atoms with Gasteiger partial charge in [0.2, 0.25) is 5.91 Å². The topological polar surface area (TPSA) is 88.2 Å². The molecule has 35 heavy (non-hydrogen) atoms. The third-order valence-corrected chi connectivity index (χ3v) is 6.95. The Kier molecular flexibility index (Phi) is 6.19. The Balaban J connectivity index is 1.38. The molecule has 9 heteroatoms. The fourth-order valence-corrected chi connectivity index (χ4v) is 4.82.